The van der Waals surface area contributed by atoms with Crippen molar-refractivity contribution in [1.29, 1.82) is 0 Å². The standard InChI is InChI=1S/C51H87NO7/c1-6-8-10-12-14-16-18-20-21-22-23-24-25-26-27-28-30-32-34-36-38-40-42-50(54)59-47(45-57-44-43-48(51(55)56)52(3,4)5)46-58-49(53)41-39-37-35-33-31-29-19-17-15-13-11-9-7-2/h9,11,13,15,17,19,25-26,29,31,33,35,47-48H,6-8,10,12,14,16,18,20-24,27-28,30,32,34,36-46H2,1-5H3/p+1/b11-9+,15-13+,19-17+,26-25+,31-29+,35-33+. The number of likely N-dealkylation sites (N-methyl/N-ethyl adjacent to an activating group) is 1. The van der Waals surface area contributed by atoms with Crippen LogP contribution in [0.1, 0.15) is 181 Å². The van der Waals surface area contributed by atoms with E-state index in [2.05, 4.69) is 32.1 Å². The Bertz CT molecular complexity index is 1190. The van der Waals surface area contributed by atoms with Crippen molar-refractivity contribution in [2.45, 2.75) is 193 Å². The molecule has 0 bridgehead atoms. The first kappa shape index (κ1) is 55.8. The average molecular weight is 827 g/mol. The molecule has 0 fully saturated rings. The number of allylic oxidation sites excluding steroid dienone is 12. The van der Waals surface area contributed by atoms with Crippen molar-refractivity contribution < 1.29 is 38.2 Å². The number of hydrogen-bond donors (Lipinski definition) is 1. The van der Waals surface area contributed by atoms with Crippen molar-refractivity contribution >= 4 is 17.9 Å². The van der Waals surface area contributed by atoms with E-state index in [-0.39, 0.29) is 42.7 Å². The lowest BCUT2D eigenvalue weighted by Gasteiger charge is -2.31. The van der Waals surface area contributed by atoms with Crippen LogP contribution >= 0.6 is 0 Å². The molecule has 0 aliphatic heterocycles. The van der Waals surface area contributed by atoms with E-state index in [1.54, 1.807) is 0 Å². The highest BCUT2D eigenvalue weighted by Gasteiger charge is 2.31. The van der Waals surface area contributed by atoms with Gasteiger partial charge in [-0.2, -0.15) is 0 Å². The molecule has 59 heavy (non-hydrogen) atoms. The Morgan fingerprint density at radius 2 is 0.983 bits per heavy atom. The van der Waals surface area contributed by atoms with Crippen molar-refractivity contribution in [2.75, 3.05) is 41.0 Å². The van der Waals surface area contributed by atoms with Crippen LogP contribution in [0.15, 0.2) is 72.9 Å². The summed E-state index contributed by atoms with van der Waals surface area (Å²) in [6, 6.07) is -0.629. The molecule has 0 aromatic heterocycles. The minimum Gasteiger partial charge on any atom is -0.477 e. The number of carboxylic acids is 1. The lowest BCUT2D eigenvalue weighted by Crippen LogP contribution is -2.50. The van der Waals surface area contributed by atoms with Gasteiger partial charge in [0.1, 0.15) is 6.61 Å². The third-order valence-electron chi connectivity index (χ3n) is 10.2. The Hall–Kier alpha value is -3.23. The zero-order chi connectivity index (χ0) is 43.5. The first-order valence-electron chi connectivity index (χ1n) is 23.5. The molecule has 0 aliphatic rings. The van der Waals surface area contributed by atoms with E-state index < -0.39 is 18.1 Å². The monoisotopic (exact) mass is 827 g/mol. The van der Waals surface area contributed by atoms with Crippen LogP contribution in [-0.2, 0) is 28.6 Å². The van der Waals surface area contributed by atoms with E-state index in [0.717, 1.165) is 32.1 Å². The Kier molecular flexibility index (Phi) is 39.2. The molecule has 2 unspecified atom stereocenters. The quantitative estimate of drug-likeness (QED) is 0.0215. The Morgan fingerprint density at radius 1 is 0.525 bits per heavy atom. The number of esters is 2. The summed E-state index contributed by atoms with van der Waals surface area (Å²) >= 11 is 0. The molecule has 0 aliphatic carbocycles. The summed E-state index contributed by atoms with van der Waals surface area (Å²) in [5.41, 5.74) is 0. The first-order chi connectivity index (χ1) is 28.6. The molecule has 8 nitrogen and oxygen atoms in total. The zero-order valence-corrected chi connectivity index (χ0v) is 38.4. The summed E-state index contributed by atoms with van der Waals surface area (Å²) in [6.07, 6.45) is 52.6. The summed E-state index contributed by atoms with van der Waals surface area (Å²) in [7, 11) is 5.50. The van der Waals surface area contributed by atoms with Crippen LogP contribution in [0.5, 0.6) is 0 Å². The van der Waals surface area contributed by atoms with Crippen molar-refractivity contribution in [2.24, 2.45) is 0 Å². The minimum atomic E-state index is -0.887. The molecule has 0 spiro atoms. The fourth-order valence-corrected chi connectivity index (χ4v) is 6.59. The number of ether oxygens (including phenoxy) is 3. The second-order valence-corrected chi connectivity index (χ2v) is 16.7. The molecule has 0 rings (SSSR count). The average Bonchev–Trinajstić information content (AvgIpc) is 3.19. The van der Waals surface area contributed by atoms with Gasteiger partial charge < -0.3 is 23.8 Å². The van der Waals surface area contributed by atoms with Gasteiger partial charge in [0.05, 0.1) is 34.4 Å². The highest BCUT2D eigenvalue weighted by molar-refractivity contribution is 5.72. The topological polar surface area (TPSA) is 99.1 Å². The maximum Gasteiger partial charge on any atom is 0.362 e. The van der Waals surface area contributed by atoms with Gasteiger partial charge in [-0.3, -0.25) is 9.59 Å². The molecule has 0 heterocycles. The molecule has 8 heteroatoms. The van der Waals surface area contributed by atoms with Gasteiger partial charge in [-0.25, -0.2) is 4.79 Å². The second kappa shape index (κ2) is 41.5. The van der Waals surface area contributed by atoms with E-state index in [9.17, 15) is 19.5 Å². The number of aliphatic carboxylic acids is 1. The number of rotatable bonds is 41. The van der Waals surface area contributed by atoms with Gasteiger partial charge in [0.25, 0.3) is 0 Å². The van der Waals surface area contributed by atoms with Crippen LogP contribution in [0.3, 0.4) is 0 Å². The summed E-state index contributed by atoms with van der Waals surface area (Å²) in [4.78, 5) is 37.0. The number of quaternary nitrogens is 1. The normalized spacial score (nSPS) is 13.6. The van der Waals surface area contributed by atoms with E-state index >= 15 is 0 Å². The summed E-state index contributed by atoms with van der Waals surface area (Å²) < 4.78 is 17.2. The van der Waals surface area contributed by atoms with Gasteiger partial charge >= 0.3 is 17.9 Å². The lowest BCUT2D eigenvalue weighted by molar-refractivity contribution is -0.887. The van der Waals surface area contributed by atoms with Gasteiger partial charge in [-0.15, -0.1) is 0 Å². The minimum absolute atomic E-state index is 0.0335. The fraction of sp³-hybridized carbons (Fsp3) is 0.706. The van der Waals surface area contributed by atoms with Gasteiger partial charge in [0.15, 0.2) is 12.1 Å². The molecular weight excluding hydrogens is 739 g/mol. The SMILES string of the molecule is CC/C=C/C=C/C=C/C=C/C=C/CCCC(=O)OCC(COCCC(C(=O)O)[N+](C)(C)C)OC(=O)CCCCCCCCC/C=C/CCCCCCCCCCCCC. The molecule has 2 atom stereocenters. The molecule has 0 saturated heterocycles. The lowest BCUT2D eigenvalue weighted by atomic mass is 10.0. The van der Waals surface area contributed by atoms with E-state index in [1.807, 2.05) is 75.8 Å². The van der Waals surface area contributed by atoms with Crippen molar-refractivity contribution in [3.8, 4) is 0 Å². The highest BCUT2D eigenvalue weighted by atomic mass is 16.6. The number of carbonyl (C=O) groups is 3. The largest absolute Gasteiger partial charge is 0.477 e. The molecule has 1 N–H and O–H groups in total. The molecule has 0 saturated carbocycles. The highest BCUT2D eigenvalue weighted by Crippen LogP contribution is 2.14. The van der Waals surface area contributed by atoms with E-state index in [0.29, 0.717) is 19.3 Å². The summed E-state index contributed by atoms with van der Waals surface area (Å²) in [5, 5.41) is 9.62. The fourth-order valence-electron chi connectivity index (χ4n) is 6.59. The third kappa shape index (κ3) is 40.0. The molecule has 0 radical (unpaired) electrons. The molecular formula is C51H88NO7+. The Balaban J connectivity index is 4.34. The first-order valence-corrected chi connectivity index (χ1v) is 23.5. The van der Waals surface area contributed by atoms with Gasteiger partial charge in [-0.05, 0) is 51.4 Å². The van der Waals surface area contributed by atoms with Crippen LogP contribution in [0.4, 0.5) is 0 Å². The number of carboxylic acid groups (broad SMARTS) is 1. The molecule has 338 valence electrons. The van der Waals surface area contributed by atoms with E-state index in [4.69, 9.17) is 14.2 Å². The Morgan fingerprint density at radius 3 is 1.49 bits per heavy atom. The Labute approximate surface area is 361 Å². The summed E-state index contributed by atoms with van der Waals surface area (Å²) in [5.74, 6) is -1.57. The zero-order valence-electron chi connectivity index (χ0n) is 38.4. The predicted molar refractivity (Wildman–Crippen MR) is 247 cm³/mol. The van der Waals surface area contributed by atoms with Crippen molar-refractivity contribution in [3.63, 3.8) is 0 Å². The van der Waals surface area contributed by atoms with Crippen LogP contribution in [0.25, 0.3) is 0 Å². The number of nitrogens with zero attached hydrogens (tertiary/aromatic N) is 1. The van der Waals surface area contributed by atoms with Crippen LogP contribution in [0.2, 0.25) is 0 Å². The van der Waals surface area contributed by atoms with E-state index in [1.165, 1.54) is 109 Å². The second-order valence-electron chi connectivity index (χ2n) is 16.7. The number of hydrogen-bond acceptors (Lipinski definition) is 6. The van der Waals surface area contributed by atoms with Gasteiger partial charge in [0.2, 0.25) is 0 Å². The molecule has 0 amide bonds. The molecule has 0 aromatic rings. The van der Waals surface area contributed by atoms with Gasteiger partial charge in [-0.1, -0.05) is 183 Å². The van der Waals surface area contributed by atoms with Crippen molar-refractivity contribution in [1.82, 2.24) is 0 Å². The summed E-state index contributed by atoms with van der Waals surface area (Å²) in [6.45, 7) is 4.51. The van der Waals surface area contributed by atoms with Crippen LogP contribution in [-0.4, -0.2) is 80.6 Å². The maximum absolute atomic E-state index is 12.7. The number of unbranched alkanes of at least 4 members (excludes halogenated alkanes) is 19. The smallest absolute Gasteiger partial charge is 0.362 e. The number of carbonyl (C=O) groups excluding carboxylic acids is 2. The van der Waals surface area contributed by atoms with Crippen LogP contribution < -0.4 is 0 Å². The van der Waals surface area contributed by atoms with Crippen LogP contribution in [0, 0.1) is 0 Å². The molecule has 0 aromatic carbocycles. The third-order valence-corrected chi connectivity index (χ3v) is 10.2. The predicted octanol–water partition coefficient (Wildman–Crippen LogP) is 13.1. The van der Waals surface area contributed by atoms with Gasteiger partial charge in [0, 0.05) is 19.3 Å². The van der Waals surface area contributed by atoms with Crippen molar-refractivity contribution in [3.05, 3.63) is 72.9 Å². The maximum atomic E-state index is 12.7.